The van der Waals surface area contributed by atoms with E-state index >= 15 is 0 Å². The number of aryl methyl sites for hydroxylation is 2. The molecule has 0 fully saturated rings. The third kappa shape index (κ3) is 3.82. The Balaban J connectivity index is 2.28. The molecule has 1 atom stereocenters. The molecule has 1 aromatic carbocycles. The van der Waals surface area contributed by atoms with Crippen molar-refractivity contribution in [2.45, 2.75) is 25.8 Å². The SMILES string of the molecule is Cc1cc(Br)c(=O)n(C(CCc2ccccc2)C(=O)O)c1. The molecule has 2 rings (SSSR count). The van der Waals surface area contributed by atoms with Gasteiger partial charge in [0.25, 0.3) is 5.56 Å². The van der Waals surface area contributed by atoms with Gasteiger partial charge >= 0.3 is 5.97 Å². The molecule has 0 radical (unpaired) electrons. The number of hydrogen-bond acceptors (Lipinski definition) is 2. The van der Waals surface area contributed by atoms with Crippen LogP contribution in [0.15, 0.2) is 51.9 Å². The van der Waals surface area contributed by atoms with Crippen molar-refractivity contribution in [2.24, 2.45) is 0 Å². The van der Waals surface area contributed by atoms with Gasteiger partial charge in [-0.15, -0.1) is 0 Å². The maximum atomic E-state index is 12.1. The molecule has 0 aliphatic rings. The number of pyridine rings is 1. The number of carbonyl (C=O) groups is 1. The average molecular weight is 350 g/mol. The number of halogens is 1. The summed E-state index contributed by atoms with van der Waals surface area (Å²) in [5.74, 6) is -0.995. The van der Waals surface area contributed by atoms with Gasteiger partial charge in [0.05, 0.1) is 4.47 Å². The van der Waals surface area contributed by atoms with Crippen LogP contribution in [0, 0.1) is 6.92 Å². The van der Waals surface area contributed by atoms with Gasteiger partial charge in [-0.05, 0) is 52.9 Å². The van der Waals surface area contributed by atoms with Crippen molar-refractivity contribution in [3.05, 3.63) is 68.5 Å². The van der Waals surface area contributed by atoms with E-state index in [2.05, 4.69) is 15.9 Å². The third-order valence-corrected chi connectivity index (χ3v) is 3.87. The van der Waals surface area contributed by atoms with Gasteiger partial charge in [0, 0.05) is 6.20 Å². The van der Waals surface area contributed by atoms with Gasteiger partial charge < -0.3 is 5.11 Å². The van der Waals surface area contributed by atoms with E-state index in [1.54, 1.807) is 12.3 Å². The Morgan fingerprint density at radius 3 is 2.62 bits per heavy atom. The van der Waals surface area contributed by atoms with Crippen molar-refractivity contribution in [2.75, 3.05) is 0 Å². The molecule has 21 heavy (non-hydrogen) atoms. The van der Waals surface area contributed by atoms with Crippen molar-refractivity contribution in [3.63, 3.8) is 0 Å². The van der Waals surface area contributed by atoms with Gasteiger partial charge in [-0.3, -0.25) is 9.36 Å². The first-order valence-corrected chi connectivity index (χ1v) is 7.43. The van der Waals surface area contributed by atoms with Crippen molar-refractivity contribution in [1.82, 2.24) is 4.57 Å². The van der Waals surface area contributed by atoms with Crippen LogP contribution in [-0.2, 0) is 11.2 Å². The maximum absolute atomic E-state index is 12.1. The molecule has 0 bridgehead atoms. The summed E-state index contributed by atoms with van der Waals surface area (Å²) in [6.07, 6.45) is 2.57. The Morgan fingerprint density at radius 1 is 1.33 bits per heavy atom. The first-order valence-electron chi connectivity index (χ1n) is 6.64. The highest BCUT2D eigenvalue weighted by molar-refractivity contribution is 9.10. The van der Waals surface area contributed by atoms with Crippen LogP contribution in [-0.4, -0.2) is 15.6 Å². The highest BCUT2D eigenvalue weighted by Crippen LogP contribution is 2.17. The van der Waals surface area contributed by atoms with Crippen LogP contribution in [0.3, 0.4) is 0 Å². The zero-order valence-electron chi connectivity index (χ0n) is 11.6. The van der Waals surface area contributed by atoms with Crippen molar-refractivity contribution >= 4 is 21.9 Å². The lowest BCUT2D eigenvalue weighted by Gasteiger charge is -2.16. The van der Waals surface area contributed by atoms with E-state index in [4.69, 9.17) is 0 Å². The lowest BCUT2D eigenvalue weighted by molar-refractivity contribution is -0.141. The highest BCUT2D eigenvalue weighted by atomic mass is 79.9. The quantitative estimate of drug-likeness (QED) is 0.901. The Morgan fingerprint density at radius 2 is 2.00 bits per heavy atom. The lowest BCUT2D eigenvalue weighted by Crippen LogP contribution is -2.30. The van der Waals surface area contributed by atoms with Crippen molar-refractivity contribution < 1.29 is 9.90 Å². The number of aromatic nitrogens is 1. The Kier molecular flexibility index (Phi) is 4.96. The zero-order valence-corrected chi connectivity index (χ0v) is 13.2. The Hall–Kier alpha value is -1.88. The van der Waals surface area contributed by atoms with Gasteiger partial charge in [-0.25, -0.2) is 4.79 Å². The summed E-state index contributed by atoms with van der Waals surface area (Å²) in [4.78, 5) is 23.7. The summed E-state index contributed by atoms with van der Waals surface area (Å²) < 4.78 is 1.68. The highest BCUT2D eigenvalue weighted by Gasteiger charge is 2.21. The fourth-order valence-electron chi connectivity index (χ4n) is 2.26. The number of hydrogen-bond donors (Lipinski definition) is 1. The van der Waals surface area contributed by atoms with E-state index < -0.39 is 12.0 Å². The lowest BCUT2D eigenvalue weighted by atomic mass is 10.0. The van der Waals surface area contributed by atoms with Crippen LogP contribution in [0.2, 0.25) is 0 Å². The van der Waals surface area contributed by atoms with Gasteiger partial charge in [-0.2, -0.15) is 0 Å². The molecular weight excluding hydrogens is 334 g/mol. The summed E-state index contributed by atoms with van der Waals surface area (Å²) in [6.45, 7) is 1.83. The molecule has 0 aliphatic carbocycles. The molecule has 1 aromatic heterocycles. The van der Waals surface area contributed by atoms with Crippen LogP contribution in [0.5, 0.6) is 0 Å². The second-order valence-corrected chi connectivity index (χ2v) is 5.81. The van der Waals surface area contributed by atoms with Gasteiger partial charge in [0.15, 0.2) is 0 Å². The van der Waals surface area contributed by atoms with E-state index in [0.717, 1.165) is 11.1 Å². The number of aliphatic carboxylic acids is 1. The van der Waals surface area contributed by atoms with Crippen LogP contribution in [0.1, 0.15) is 23.6 Å². The molecular formula is C16H16BrNO3. The summed E-state index contributed by atoms with van der Waals surface area (Å²) in [5.41, 5.74) is 1.58. The number of benzene rings is 1. The monoisotopic (exact) mass is 349 g/mol. The minimum Gasteiger partial charge on any atom is -0.480 e. The number of rotatable bonds is 5. The number of carboxylic acids is 1. The average Bonchev–Trinajstić information content (AvgIpc) is 2.45. The molecule has 1 unspecified atom stereocenters. The van der Waals surface area contributed by atoms with Crippen LogP contribution >= 0.6 is 15.9 Å². The Labute approximate surface area is 131 Å². The summed E-state index contributed by atoms with van der Waals surface area (Å²) >= 11 is 3.18. The number of nitrogens with zero attached hydrogens (tertiary/aromatic N) is 1. The minimum absolute atomic E-state index is 0.318. The van der Waals surface area contributed by atoms with E-state index in [1.165, 1.54) is 4.57 Å². The fourth-order valence-corrected chi connectivity index (χ4v) is 2.83. The van der Waals surface area contributed by atoms with Crippen molar-refractivity contribution in [1.29, 1.82) is 0 Å². The van der Waals surface area contributed by atoms with Crippen LogP contribution < -0.4 is 5.56 Å². The molecule has 4 nitrogen and oxygen atoms in total. The van der Waals surface area contributed by atoms with Gasteiger partial charge in [0.1, 0.15) is 6.04 Å². The molecule has 1 heterocycles. The molecule has 2 aromatic rings. The maximum Gasteiger partial charge on any atom is 0.326 e. The second kappa shape index (κ2) is 6.72. The molecule has 0 aliphatic heterocycles. The molecule has 5 heteroatoms. The molecule has 0 saturated heterocycles. The smallest absolute Gasteiger partial charge is 0.326 e. The molecule has 0 saturated carbocycles. The predicted octanol–water partition coefficient (Wildman–Crippen LogP) is 3.18. The van der Waals surface area contributed by atoms with E-state index in [0.29, 0.717) is 17.3 Å². The standard InChI is InChI=1S/C16H16BrNO3/c1-11-9-13(17)15(19)18(10-11)14(16(20)21)8-7-12-5-3-2-4-6-12/h2-6,9-10,14H,7-8H2,1H3,(H,20,21). The first kappa shape index (κ1) is 15.5. The molecule has 110 valence electrons. The molecule has 0 spiro atoms. The largest absolute Gasteiger partial charge is 0.480 e. The zero-order chi connectivity index (χ0) is 15.4. The third-order valence-electron chi connectivity index (χ3n) is 3.31. The van der Waals surface area contributed by atoms with E-state index in [1.807, 2.05) is 37.3 Å². The summed E-state index contributed by atoms with van der Waals surface area (Å²) in [5, 5.41) is 9.44. The van der Waals surface area contributed by atoms with Crippen LogP contribution in [0.4, 0.5) is 0 Å². The molecule has 1 N–H and O–H groups in total. The second-order valence-electron chi connectivity index (χ2n) is 4.96. The van der Waals surface area contributed by atoms with Crippen molar-refractivity contribution in [3.8, 4) is 0 Å². The van der Waals surface area contributed by atoms with Gasteiger partial charge in [-0.1, -0.05) is 30.3 Å². The summed E-state index contributed by atoms with van der Waals surface area (Å²) in [6, 6.07) is 10.5. The molecule has 0 amide bonds. The normalized spacial score (nSPS) is 12.1. The predicted molar refractivity (Wildman–Crippen MR) is 84.6 cm³/mol. The minimum atomic E-state index is -0.995. The number of carboxylic acid groups (broad SMARTS) is 1. The first-order chi connectivity index (χ1) is 9.99. The Bertz CT molecular complexity index is 694. The van der Waals surface area contributed by atoms with Gasteiger partial charge in [0.2, 0.25) is 0 Å². The summed E-state index contributed by atoms with van der Waals surface area (Å²) in [7, 11) is 0. The fraction of sp³-hybridized carbons (Fsp3) is 0.250. The van der Waals surface area contributed by atoms with E-state index in [-0.39, 0.29) is 5.56 Å². The topological polar surface area (TPSA) is 59.3 Å². The van der Waals surface area contributed by atoms with Crippen LogP contribution in [0.25, 0.3) is 0 Å². The van der Waals surface area contributed by atoms with E-state index in [9.17, 15) is 14.7 Å².